The van der Waals surface area contributed by atoms with Crippen LogP contribution in [-0.4, -0.2) is 35.2 Å². The maximum atomic E-state index is 9.53. The van der Waals surface area contributed by atoms with Crippen LogP contribution in [0.5, 0.6) is 0 Å². The highest BCUT2D eigenvalue weighted by atomic mass is 16.3. The zero-order valence-corrected chi connectivity index (χ0v) is 9.02. The highest BCUT2D eigenvalue weighted by Crippen LogP contribution is 2.27. The maximum absolute atomic E-state index is 9.53. The molecule has 1 saturated carbocycles. The lowest BCUT2D eigenvalue weighted by Crippen LogP contribution is -2.43. The third-order valence-corrected chi connectivity index (χ3v) is 3.62. The quantitative estimate of drug-likeness (QED) is 0.645. The Morgan fingerprint density at radius 3 is 2.57 bits per heavy atom. The molecule has 0 radical (unpaired) electrons. The molecule has 1 atom stereocenters. The summed E-state index contributed by atoms with van der Waals surface area (Å²) in [5, 5.41) is 9.53. The fraction of sp³-hybridized carbons (Fsp3) is 0.833. The smallest absolute Gasteiger partial charge is 0.0848 e. The van der Waals surface area contributed by atoms with Gasteiger partial charge in [-0.1, -0.05) is 19.1 Å². The minimum absolute atomic E-state index is 0.233. The second-order valence-electron chi connectivity index (χ2n) is 4.86. The Kier molecular flexibility index (Phi) is 3.24. The lowest BCUT2D eigenvalue weighted by Gasteiger charge is -2.37. The topological polar surface area (TPSA) is 23.5 Å². The number of nitrogens with zero attached hydrogens (tertiary/aromatic N) is 1. The van der Waals surface area contributed by atoms with E-state index in [-0.39, 0.29) is 6.10 Å². The van der Waals surface area contributed by atoms with Gasteiger partial charge in [-0.15, -0.1) is 0 Å². The molecule has 2 rings (SSSR count). The van der Waals surface area contributed by atoms with E-state index in [9.17, 15) is 5.11 Å². The third kappa shape index (κ3) is 2.37. The molecule has 0 bridgehead atoms. The van der Waals surface area contributed by atoms with Crippen LogP contribution in [0.15, 0.2) is 12.2 Å². The van der Waals surface area contributed by atoms with Crippen LogP contribution < -0.4 is 0 Å². The molecule has 0 aromatic rings. The minimum atomic E-state index is -0.233. The second kappa shape index (κ2) is 4.45. The summed E-state index contributed by atoms with van der Waals surface area (Å²) in [5.41, 5.74) is 0. The van der Waals surface area contributed by atoms with Gasteiger partial charge >= 0.3 is 0 Å². The first-order valence-electron chi connectivity index (χ1n) is 5.84. The summed E-state index contributed by atoms with van der Waals surface area (Å²) in [7, 11) is 0. The summed E-state index contributed by atoms with van der Waals surface area (Å²) in [6, 6.07) is 0.728. The van der Waals surface area contributed by atoms with E-state index in [1.807, 2.05) is 6.08 Å². The first-order chi connectivity index (χ1) is 6.75. The third-order valence-electron chi connectivity index (χ3n) is 3.62. The van der Waals surface area contributed by atoms with Crippen molar-refractivity contribution in [3.8, 4) is 0 Å². The first-order valence-corrected chi connectivity index (χ1v) is 5.84. The number of hydrogen-bond acceptors (Lipinski definition) is 2. The van der Waals surface area contributed by atoms with E-state index in [0.29, 0.717) is 0 Å². The molecule has 1 N–H and O–H groups in total. The standard InChI is InChI=1S/C12H21NO/c1-10-4-6-11(7-5-10)13-8-2-3-12(14)9-13/h2-3,10-12,14H,4-9H2,1H3. The molecular weight excluding hydrogens is 174 g/mol. The average Bonchev–Trinajstić information content (AvgIpc) is 2.19. The lowest BCUT2D eigenvalue weighted by molar-refractivity contribution is 0.0888. The molecule has 1 fully saturated rings. The van der Waals surface area contributed by atoms with Gasteiger partial charge in [-0.2, -0.15) is 0 Å². The van der Waals surface area contributed by atoms with Gasteiger partial charge < -0.3 is 5.11 Å². The second-order valence-corrected chi connectivity index (χ2v) is 4.86. The number of aliphatic hydroxyl groups excluding tert-OH is 1. The lowest BCUT2D eigenvalue weighted by atomic mass is 9.86. The van der Waals surface area contributed by atoms with Gasteiger partial charge in [-0.25, -0.2) is 0 Å². The summed E-state index contributed by atoms with van der Waals surface area (Å²) >= 11 is 0. The first kappa shape index (κ1) is 10.2. The SMILES string of the molecule is CC1CCC(N2CC=CC(O)C2)CC1. The van der Waals surface area contributed by atoms with Crippen molar-refractivity contribution in [3.05, 3.63) is 12.2 Å². The van der Waals surface area contributed by atoms with Crippen LogP contribution in [0.1, 0.15) is 32.6 Å². The van der Waals surface area contributed by atoms with E-state index in [4.69, 9.17) is 0 Å². The van der Waals surface area contributed by atoms with Crippen LogP contribution in [0.4, 0.5) is 0 Å². The Labute approximate surface area is 86.6 Å². The summed E-state index contributed by atoms with van der Waals surface area (Å²) < 4.78 is 0. The molecule has 2 heteroatoms. The van der Waals surface area contributed by atoms with Crippen molar-refractivity contribution in [3.63, 3.8) is 0 Å². The van der Waals surface area contributed by atoms with Crippen LogP contribution in [-0.2, 0) is 0 Å². The zero-order chi connectivity index (χ0) is 9.97. The Morgan fingerprint density at radius 1 is 1.21 bits per heavy atom. The van der Waals surface area contributed by atoms with Crippen molar-refractivity contribution >= 4 is 0 Å². The average molecular weight is 195 g/mol. The highest BCUT2D eigenvalue weighted by Gasteiger charge is 2.25. The molecule has 2 aliphatic rings. The van der Waals surface area contributed by atoms with Crippen molar-refractivity contribution in [2.45, 2.75) is 44.8 Å². The monoisotopic (exact) mass is 195 g/mol. The highest BCUT2D eigenvalue weighted by molar-refractivity contribution is 4.99. The molecular formula is C12H21NO. The zero-order valence-electron chi connectivity index (χ0n) is 9.02. The summed E-state index contributed by atoms with van der Waals surface area (Å²) in [6.45, 7) is 4.23. The fourth-order valence-corrected chi connectivity index (χ4v) is 2.63. The minimum Gasteiger partial charge on any atom is -0.388 e. The van der Waals surface area contributed by atoms with Gasteiger partial charge in [0.15, 0.2) is 0 Å². The van der Waals surface area contributed by atoms with E-state index < -0.39 is 0 Å². The normalized spacial score (nSPS) is 40.0. The fourth-order valence-electron chi connectivity index (χ4n) is 2.63. The van der Waals surface area contributed by atoms with Gasteiger partial charge in [0.05, 0.1) is 6.10 Å². The molecule has 80 valence electrons. The van der Waals surface area contributed by atoms with Crippen molar-refractivity contribution in [2.75, 3.05) is 13.1 Å². The molecule has 0 saturated heterocycles. The Hall–Kier alpha value is -0.340. The van der Waals surface area contributed by atoms with Gasteiger partial charge in [0.2, 0.25) is 0 Å². The predicted octanol–water partition coefficient (Wildman–Crippen LogP) is 1.80. The molecule has 0 aromatic carbocycles. The number of aliphatic hydroxyl groups is 1. The molecule has 0 amide bonds. The van der Waals surface area contributed by atoms with E-state index in [1.165, 1.54) is 25.7 Å². The van der Waals surface area contributed by atoms with Crippen molar-refractivity contribution in [2.24, 2.45) is 5.92 Å². The van der Waals surface area contributed by atoms with Crippen LogP contribution in [0.25, 0.3) is 0 Å². The molecule has 1 aliphatic carbocycles. The number of hydrogen-bond donors (Lipinski definition) is 1. The van der Waals surface area contributed by atoms with Gasteiger partial charge in [0.1, 0.15) is 0 Å². The van der Waals surface area contributed by atoms with Crippen LogP contribution in [0.2, 0.25) is 0 Å². The van der Waals surface area contributed by atoms with Crippen LogP contribution in [0.3, 0.4) is 0 Å². The molecule has 0 aromatic heterocycles. The van der Waals surface area contributed by atoms with E-state index >= 15 is 0 Å². The predicted molar refractivity (Wildman–Crippen MR) is 58.1 cm³/mol. The van der Waals surface area contributed by atoms with E-state index in [2.05, 4.69) is 17.9 Å². The van der Waals surface area contributed by atoms with Crippen molar-refractivity contribution < 1.29 is 5.11 Å². The molecule has 1 aliphatic heterocycles. The largest absolute Gasteiger partial charge is 0.388 e. The van der Waals surface area contributed by atoms with E-state index in [1.54, 1.807) is 0 Å². The van der Waals surface area contributed by atoms with Gasteiger partial charge in [0, 0.05) is 19.1 Å². The maximum Gasteiger partial charge on any atom is 0.0848 e. The Balaban J connectivity index is 1.86. The van der Waals surface area contributed by atoms with E-state index in [0.717, 1.165) is 25.0 Å². The number of β-amino-alcohol motifs (C(OH)–C–C–N with tert-alkyl or cyclic N) is 1. The van der Waals surface area contributed by atoms with Crippen molar-refractivity contribution in [1.82, 2.24) is 4.90 Å². The molecule has 2 nitrogen and oxygen atoms in total. The molecule has 14 heavy (non-hydrogen) atoms. The Morgan fingerprint density at radius 2 is 1.93 bits per heavy atom. The van der Waals surface area contributed by atoms with Crippen LogP contribution in [0, 0.1) is 5.92 Å². The summed E-state index contributed by atoms with van der Waals surface area (Å²) in [5.74, 6) is 0.913. The van der Waals surface area contributed by atoms with Gasteiger partial charge in [-0.3, -0.25) is 4.90 Å². The van der Waals surface area contributed by atoms with Crippen LogP contribution >= 0.6 is 0 Å². The molecule has 1 unspecified atom stereocenters. The summed E-state index contributed by atoms with van der Waals surface area (Å²) in [6.07, 6.45) is 9.16. The summed E-state index contributed by atoms with van der Waals surface area (Å²) in [4.78, 5) is 2.44. The van der Waals surface area contributed by atoms with Crippen molar-refractivity contribution in [1.29, 1.82) is 0 Å². The molecule has 1 heterocycles. The van der Waals surface area contributed by atoms with Gasteiger partial charge in [-0.05, 0) is 31.6 Å². The molecule has 0 spiro atoms. The van der Waals surface area contributed by atoms with Gasteiger partial charge in [0.25, 0.3) is 0 Å². The Bertz CT molecular complexity index is 206. The number of rotatable bonds is 1.